The van der Waals surface area contributed by atoms with Crippen molar-refractivity contribution in [1.82, 2.24) is 0 Å². The quantitative estimate of drug-likeness (QED) is 0.790. The molecule has 0 N–H and O–H groups in total. The van der Waals surface area contributed by atoms with Gasteiger partial charge in [0, 0.05) is 25.3 Å². The van der Waals surface area contributed by atoms with Crippen LogP contribution in [0.4, 0.5) is 18.9 Å². The van der Waals surface area contributed by atoms with Crippen LogP contribution in [-0.2, 0) is 0 Å². The van der Waals surface area contributed by atoms with Gasteiger partial charge in [-0.1, -0.05) is 13.0 Å². The number of nitrogens with zero attached hydrogens (tertiary/aromatic N) is 1. The molecule has 0 unspecified atom stereocenters. The van der Waals surface area contributed by atoms with Gasteiger partial charge in [-0.05, 0) is 18.6 Å². The molecule has 0 amide bonds. The highest BCUT2D eigenvalue weighted by Crippen LogP contribution is 2.26. The van der Waals surface area contributed by atoms with Gasteiger partial charge in [0.2, 0.25) is 0 Å². The van der Waals surface area contributed by atoms with E-state index in [1.807, 2.05) is 4.90 Å². The van der Waals surface area contributed by atoms with E-state index in [-0.39, 0.29) is 5.75 Å². The van der Waals surface area contributed by atoms with Gasteiger partial charge < -0.3 is 9.64 Å². The second kappa shape index (κ2) is 5.09. The zero-order chi connectivity index (χ0) is 12.2. The highest BCUT2D eigenvalue weighted by atomic mass is 19.4. The lowest BCUT2D eigenvalue weighted by atomic mass is 10.2. The molecule has 0 atom stereocenters. The Morgan fingerprint density at radius 3 is 2.62 bits per heavy atom. The lowest BCUT2D eigenvalue weighted by Crippen LogP contribution is -2.19. The predicted octanol–water partition coefficient (Wildman–Crippen LogP) is 3.25. The molecule has 1 rings (SSSR count). The molecule has 5 heteroatoms. The highest BCUT2D eigenvalue weighted by Gasteiger charge is 2.31. The van der Waals surface area contributed by atoms with Crippen LogP contribution in [-0.4, -0.2) is 20.0 Å². The van der Waals surface area contributed by atoms with E-state index in [2.05, 4.69) is 11.7 Å². The molecule has 0 saturated heterocycles. The average Bonchev–Trinajstić information content (AvgIpc) is 2.16. The van der Waals surface area contributed by atoms with Gasteiger partial charge in [-0.3, -0.25) is 0 Å². The molecule has 0 aliphatic heterocycles. The zero-order valence-electron chi connectivity index (χ0n) is 8.92. The third kappa shape index (κ3) is 4.00. The van der Waals surface area contributed by atoms with Crippen LogP contribution in [0, 0.1) is 6.92 Å². The lowest BCUT2D eigenvalue weighted by molar-refractivity contribution is -0.274. The van der Waals surface area contributed by atoms with E-state index in [9.17, 15) is 13.2 Å². The summed E-state index contributed by atoms with van der Waals surface area (Å²) in [5.41, 5.74) is 0.672. The van der Waals surface area contributed by atoms with E-state index >= 15 is 0 Å². The molecule has 2 nitrogen and oxygen atoms in total. The van der Waals surface area contributed by atoms with Crippen molar-refractivity contribution in [3.63, 3.8) is 0 Å². The standard InChI is InChI=1S/C11H13F3NO/c1-3-7-15(2)9-5-4-6-10(8-9)16-11(12,13)14/h4-6,8H,1,3,7H2,2H3. The SMILES string of the molecule is [CH2]CCN(C)c1cccc(OC(F)(F)F)c1. The molecule has 0 saturated carbocycles. The smallest absolute Gasteiger partial charge is 0.406 e. The summed E-state index contributed by atoms with van der Waals surface area (Å²) in [5.74, 6) is -0.207. The zero-order valence-corrected chi connectivity index (χ0v) is 8.92. The van der Waals surface area contributed by atoms with Crippen LogP contribution in [0.5, 0.6) is 5.75 Å². The average molecular weight is 232 g/mol. The molecule has 16 heavy (non-hydrogen) atoms. The van der Waals surface area contributed by atoms with Gasteiger partial charge >= 0.3 is 6.36 Å². The number of ether oxygens (including phenoxy) is 1. The van der Waals surface area contributed by atoms with Crippen LogP contribution < -0.4 is 9.64 Å². The Kier molecular flexibility index (Phi) is 4.04. The number of hydrogen-bond donors (Lipinski definition) is 0. The van der Waals surface area contributed by atoms with Gasteiger partial charge in [-0.2, -0.15) is 0 Å². The first-order valence-corrected chi connectivity index (χ1v) is 4.78. The summed E-state index contributed by atoms with van der Waals surface area (Å²) >= 11 is 0. The van der Waals surface area contributed by atoms with Crippen molar-refractivity contribution in [2.24, 2.45) is 0 Å². The molecule has 0 fully saturated rings. The lowest BCUT2D eigenvalue weighted by Gasteiger charge is -2.19. The third-order valence-corrected chi connectivity index (χ3v) is 1.99. The summed E-state index contributed by atoms with van der Waals surface area (Å²) in [4.78, 5) is 1.82. The second-order valence-electron chi connectivity index (χ2n) is 3.32. The minimum Gasteiger partial charge on any atom is -0.406 e. The molecule has 1 aromatic carbocycles. The Labute approximate surface area is 92.6 Å². The molecule has 0 aliphatic carbocycles. The number of alkyl halides is 3. The molecular formula is C11H13F3NO. The number of hydrogen-bond acceptors (Lipinski definition) is 2. The minimum atomic E-state index is -4.65. The first-order valence-electron chi connectivity index (χ1n) is 4.78. The number of rotatable bonds is 4. The first-order chi connectivity index (χ1) is 7.42. The van der Waals surface area contributed by atoms with E-state index < -0.39 is 6.36 Å². The van der Waals surface area contributed by atoms with Gasteiger partial charge in [0.15, 0.2) is 0 Å². The fourth-order valence-corrected chi connectivity index (χ4v) is 1.28. The first kappa shape index (κ1) is 12.7. The van der Waals surface area contributed by atoms with E-state index in [1.54, 1.807) is 13.1 Å². The third-order valence-electron chi connectivity index (χ3n) is 1.99. The van der Waals surface area contributed by atoms with Gasteiger partial charge in [-0.15, -0.1) is 13.2 Å². The summed E-state index contributed by atoms with van der Waals surface area (Å²) in [5, 5.41) is 0. The Morgan fingerprint density at radius 2 is 2.06 bits per heavy atom. The monoisotopic (exact) mass is 232 g/mol. The molecule has 0 aromatic heterocycles. The van der Waals surface area contributed by atoms with Crippen molar-refractivity contribution in [2.45, 2.75) is 12.8 Å². The normalized spacial score (nSPS) is 11.3. The van der Waals surface area contributed by atoms with E-state index in [4.69, 9.17) is 0 Å². The van der Waals surface area contributed by atoms with Crippen LogP contribution in [0.2, 0.25) is 0 Å². The van der Waals surface area contributed by atoms with Crippen LogP contribution in [0.3, 0.4) is 0 Å². The molecule has 0 aliphatic rings. The maximum atomic E-state index is 12.0. The van der Waals surface area contributed by atoms with Crippen LogP contribution in [0.25, 0.3) is 0 Å². The van der Waals surface area contributed by atoms with Crippen LogP contribution in [0.1, 0.15) is 6.42 Å². The van der Waals surface area contributed by atoms with Crippen molar-refractivity contribution in [1.29, 1.82) is 0 Å². The van der Waals surface area contributed by atoms with Crippen molar-refractivity contribution in [2.75, 3.05) is 18.5 Å². The molecule has 0 heterocycles. The van der Waals surface area contributed by atoms with Crippen molar-refractivity contribution >= 4 is 5.69 Å². The number of halogens is 3. The second-order valence-corrected chi connectivity index (χ2v) is 3.32. The van der Waals surface area contributed by atoms with Gasteiger partial charge in [0.05, 0.1) is 0 Å². The molecule has 0 bridgehead atoms. The van der Waals surface area contributed by atoms with Gasteiger partial charge in [0.25, 0.3) is 0 Å². The van der Waals surface area contributed by atoms with E-state index in [0.717, 1.165) is 0 Å². The predicted molar refractivity (Wildman–Crippen MR) is 56.4 cm³/mol. The van der Waals surface area contributed by atoms with Gasteiger partial charge in [0.1, 0.15) is 5.75 Å². The number of benzene rings is 1. The molecule has 0 spiro atoms. The Balaban J connectivity index is 2.78. The Morgan fingerprint density at radius 1 is 1.38 bits per heavy atom. The molecule has 1 radical (unpaired) electrons. The highest BCUT2D eigenvalue weighted by molar-refractivity contribution is 5.50. The molecular weight excluding hydrogens is 219 g/mol. The fraction of sp³-hybridized carbons (Fsp3) is 0.364. The van der Waals surface area contributed by atoms with Gasteiger partial charge in [-0.25, -0.2) is 0 Å². The maximum absolute atomic E-state index is 12.0. The van der Waals surface area contributed by atoms with Crippen molar-refractivity contribution < 1.29 is 17.9 Å². The van der Waals surface area contributed by atoms with Crippen molar-refractivity contribution in [3.05, 3.63) is 31.2 Å². The topological polar surface area (TPSA) is 12.5 Å². The van der Waals surface area contributed by atoms with Crippen LogP contribution in [0.15, 0.2) is 24.3 Å². The summed E-state index contributed by atoms with van der Waals surface area (Å²) in [6, 6.07) is 5.87. The largest absolute Gasteiger partial charge is 0.573 e. The van der Waals surface area contributed by atoms with Crippen LogP contribution >= 0.6 is 0 Å². The fourth-order valence-electron chi connectivity index (χ4n) is 1.28. The number of anilines is 1. The summed E-state index contributed by atoms with van der Waals surface area (Å²) in [6.07, 6.45) is -3.97. The molecule has 1 aromatic rings. The summed E-state index contributed by atoms with van der Waals surface area (Å²) < 4.78 is 39.8. The van der Waals surface area contributed by atoms with E-state index in [0.29, 0.717) is 18.7 Å². The Hall–Kier alpha value is -1.39. The molecule has 89 valence electrons. The van der Waals surface area contributed by atoms with Crippen molar-refractivity contribution in [3.8, 4) is 5.75 Å². The maximum Gasteiger partial charge on any atom is 0.573 e. The summed E-state index contributed by atoms with van der Waals surface area (Å²) in [6.45, 7) is 4.36. The summed E-state index contributed by atoms with van der Waals surface area (Å²) in [7, 11) is 1.79. The van der Waals surface area contributed by atoms with E-state index in [1.165, 1.54) is 18.2 Å². The minimum absolute atomic E-state index is 0.207. The Bertz CT molecular complexity index is 338.